The van der Waals surface area contributed by atoms with Crippen LogP contribution in [0, 0.1) is 5.41 Å². The van der Waals surface area contributed by atoms with E-state index in [2.05, 4.69) is 15.5 Å². The molecule has 5 heterocycles. The van der Waals surface area contributed by atoms with Gasteiger partial charge in [0.05, 0.1) is 30.9 Å². The molecule has 1 spiro atoms. The van der Waals surface area contributed by atoms with Crippen LogP contribution >= 0.6 is 0 Å². The van der Waals surface area contributed by atoms with E-state index in [4.69, 9.17) is 29.1 Å². The average molecular weight is 601 g/mol. The summed E-state index contributed by atoms with van der Waals surface area (Å²) in [5, 5.41) is 27.8. The molecule has 0 aromatic carbocycles. The lowest BCUT2D eigenvalue weighted by molar-refractivity contribution is -0.128. The second-order valence-corrected chi connectivity index (χ2v) is 12.8. The van der Waals surface area contributed by atoms with Crippen molar-refractivity contribution >= 4 is 5.78 Å². The monoisotopic (exact) mass is 600 g/mol. The molecule has 13 nitrogen and oxygen atoms in total. The number of nitrogens with zero attached hydrogens (tertiary/aromatic N) is 8. The number of ketones is 1. The Morgan fingerprint density at radius 3 is 2.73 bits per heavy atom. The number of carbonyl (C=O) groups excluding carboxylic acids is 1. The number of ether oxygens (including phenoxy) is 2. The Bertz CT molecular complexity index is 1680. The van der Waals surface area contributed by atoms with Gasteiger partial charge in [0.2, 0.25) is 5.88 Å². The maximum atomic E-state index is 13.2. The van der Waals surface area contributed by atoms with Crippen molar-refractivity contribution in [1.29, 1.82) is 0 Å². The number of fused-ring (bicyclic) bond motifs is 2. The summed E-state index contributed by atoms with van der Waals surface area (Å²) in [7, 11) is 0. The van der Waals surface area contributed by atoms with Crippen molar-refractivity contribution in [3.63, 3.8) is 0 Å². The van der Waals surface area contributed by atoms with Crippen molar-refractivity contribution < 1.29 is 23.9 Å². The second kappa shape index (κ2) is 10.9. The molecule has 2 saturated carbocycles. The predicted octanol–water partition coefficient (Wildman–Crippen LogP) is 3.80. The minimum Gasteiger partial charge on any atom is -0.477 e. The van der Waals surface area contributed by atoms with Gasteiger partial charge in [-0.15, -0.1) is 5.10 Å². The predicted molar refractivity (Wildman–Crippen MR) is 155 cm³/mol. The fourth-order valence-corrected chi connectivity index (χ4v) is 6.94. The van der Waals surface area contributed by atoms with Crippen LogP contribution in [0.4, 0.5) is 0 Å². The molecule has 0 radical (unpaired) electrons. The Labute approximate surface area is 254 Å². The van der Waals surface area contributed by atoms with E-state index in [1.54, 1.807) is 10.7 Å². The van der Waals surface area contributed by atoms with Crippen molar-refractivity contribution in [3.8, 4) is 34.6 Å². The third-order valence-electron chi connectivity index (χ3n) is 9.93. The van der Waals surface area contributed by atoms with E-state index in [1.807, 2.05) is 23.1 Å². The van der Waals surface area contributed by atoms with Crippen molar-refractivity contribution in [3.05, 3.63) is 35.9 Å². The Balaban J connectivity index is 1.14. The molecule has 3 aliphatic carbocycles. The largest absolute Gasteiger partial charge is 0.477 e. The maximum absolute atomic E-state index is 13.2. The standard InChI is InChI=1S/C31H36N8O5/c40-18-30(11-12-30)19-43-26-16-25(38-13-6-22(35-38)23-17-39(37-34-23)20-7-14-42-15-8-20)32-29(33-26)27-21-4-3-10-31(28(21)44-36-27)9-2-1-5-24(31)41/h6,13,16-17,20,40H,1-5,7-12,14-15,18-19H2/t31-/m1/s1. The van der Waals surface area contributed by atoms with E-state index < -0.39 is 5.41 Å². The van der Waals surface area contributed by atoms with Gasteiger partial charge in [0.25, 0.3) is 0 Å². The van der Waals surface area contributed by atoms with Gasteiger partial charge in [0.15, 0.2) is 23.1 Å². The molecule has 8 rings (SSSR count). The average Bonchev–Trinajstić information content (AvgIpc) is 3.43. The van der Waals surface area contributed by atoms with Gasteiger partial charge in [0.1, 0.15) is 17.2 Å². The van der Waals surface area contributed by atoms with Crippen LogP contribution in [-0.4, -0.2) is 77.2 Å². The lowest BCUT2D eigenvalue weighted by Crippen LogP contribution is -2.41. The zero-order chi connectivity index (χ0) is 29.7. The number of aliphatic hydroxyl groups excluding tert-OH is 1. The maximum Gasteiger partial charge on any atom is 0.219 e. The molecule has 44 heavy (non-hydrogen) atoms. The summed E-state index contributed by atoms with van der Waals surface area (Å²) in [6.07, 6.45) is 13.1. The fourth-order valence-electron chi connectivity index (χ4n) is 6.94. The summed E-state index contributed by atoms with van der Waals surface area (Å²) in [5.74, 6) is 2.16. The van der Waals surface area contributed by atoms with Gasteiger partial charge in [-0.1, -0.05) is 16.8 Å². The molecule has 4 aliphatic rings. The van der Waals surface area contributed by atoms with Gasteiger partial charge in [-0.2, -0.15) is 10.1 Å². The summed E-state index contributed by atoms with van der Waals surface area (Å²) >= 11 is 0. The molecule has 4 aromatic rings. The molecule has 0 amide bonds. The van der Waals surface area contributed by atoms with Gasteiger partial charge < -0.3 is 19.1 Å². The summed E-state index contributed by atoms with van der Waals surface area (Å²) in [6.45, 7) is 1.87. The quantitative estimate of drug-likeness (QED) is 0.314. The minimum absolute atomic E-state index is 0.0712. The Hall–Kier alpha value is -3.97. The van der Waals surface area contributed by atoms with Gasteiger partial charge in [-0.3, -0.25) is 4.79 Å². The second-order valence-electron chi connectivity index (χ2n) is 12.8. The first-order chi connectivity index (χ1) is 21.6. The topological polar surface area (TPSA) is 156 Å². The molecule has 1 aliphatic heterocycles. The highest BCUT2D eigenvalue weighted by Gasteiger charge is 2.48. The minimum atomic E-state index is -0.591. The first kappa shape index (κ1) is 27.6. The highest BCUT2D eigenvalue weighted by atomic mass is 16.5. The summed E-state index contributed by atoms with van der Waals surface area (Å²) in [5.41, 5.74) is 1.98. The van der Waals surface area contributed by atoms with Gasteiger partial charge in [0, 0.05) is 42.9 Å². The molecule has 230 valence electrons. The molecule has 0 bridgehead atoms. The van der Waals surface area contributed by atoms with E-state index in [1.165, 1.54) is 0 Å². The Kier molecular flexibility index (Phi) is 6.82. The molecule has 4 aromatic heterocycles. The van der Waals surface area contributed by atoms with E-state index in [0.717, 1.165) is 83.0 Å². The molecule has 1 atom stereocenters. The third kappa shape index (κ3) is 4.82. The molecule has 1 saturated heterocycles. The SMILES string of the molecule is O=C1CCCC[C@@]12CCCc1c(-c3nc(OCC4(CO)CC4)cc(-n4ccc(-c5cn(C6CCOCC6)nn5)n4)n3)noc12. The third-order valence-corrected chi connectivity index (χ3v) is 9.93. The number of aliphatic hydroxyl groups is 1. The number of hydrogen-bond acceptors (Lipinski definition) is 11. The smallest absolute Gasteiger partial charge is 0.219 e. The van der Waals surface area contributed by atoms with Crippen molar-refractivity contribution in [1.82, 2.24) is 39.9 Å². The fraction of sp³-hybridized carbons (Fsp3) is 0.581. The molecule has 3 fully saturated rings. The summed E-state index contributed by atoms with van der Waals surface area (Å²) in [4.78, 5) is 22.8. The zero-order valence-electron chi connectivity index (χ0n) is 24.7. The van der Waals surface area contributed by atoms with Crippen LogP contribution in [0.5, 0.6) is 5.88 Å². The zero-order valence-corrected chi connectivity index (χ0v) is 24.7. The van der Waals surface area contributed by atoms with Crippen LogP contribution in [-0.2, 0) is 21.4 Å². The number of aromatic nitrogens is 8. The summed E-state index contributed by atoms with van der Waals surface area (Å²) in [6, 6.07) is 3.88. The van der Waals surface area contributed by atoms with Crippen LogP contribution in [0.25, 0.3) is 28.7 Å². The molecule has 1 N–H and O–H groups in total. The van der Waals surface area contributed by atoms with Crippen LogP contribution < -0.4 is 4.74 Å². The van der Waals surface area contributed by atoms with E-state index >= 15 is 0 Å². The van der Waals surface area contributed by atoms with E-state index in [0.29, 0.717) is 53.4 Å². The molecular formula is C31H36N8O5. The Morgan fingerprint density at radius 2 is 1.91 bits per heavy atom. The molecule has 13 heteroatoms. The van der Waals surface area contributed by atoms with Crippen molar-refractivity contribution in [2.45, 2.75) is 82.1 Å². The van der Waals surface area contributed by atoms with Gasteiger partial charge >= 0.3 is 0 Å². The Morgan fingerprint density at radius 1 is 1.05 bits per heavy atom. The van der Waals surface area contributed by atoms with Crippen molar-refractivity contribution in [2.24, 2.45) is 5.41 Å². The normalized spacial score (nSPS) is 23.2. The van der Waals surface area contributed by atoms with Crippen LogP contribution in [0.2, 0.25) is 0 Å². The highest BCUT2D eigenvalue weighted by molar-refractivity contribution is 5.91. The first-order valence-corrected chi connectivity index (χ1v) is 15.8. The van der Waals surface area contributed by atoms with Crippen LogP contribution in [0.1, 0.15) is 81.6 Å². The lowest BCUT2D eigenvalue weighted by Gasteiger charge is -2.36. The number of carbonyl (C=O) groups is 1. The van der Waals surface area contributed by atoms with Gasteiger partial charge in [-0.05, 0) is 63.9 Å². The van der Waals surface area contributed by atoms with Crippen LogP contribution in [0.3, 0.4) is 0 Å². The lowest BCUT2D eigenvalue weighted by atomic mass is 9.64. The van der Waals surface area contributed by atoms with Crippen molar-refractivity contribution in [2.75, 3.05) is 26.4 Å². The van der Waals surface area contributed by atoms with Gasteiger partial charge in [-0.25, -0.2) is 14.3 Å². The highest BCUT2D eigenvalue weighted by Crippen LogP contribution is 2.48. The number of Topliss-reactive ketones (excluding diaryl/α,β-unsaturated/α-hetero) is 1. The molecular weight excluding hydrogens is 564 g/mol. The molecule has 0 unspecified atom stereocenters. The summed E-state index contributed by atoms with van der Waals surface area (Å²) < 4.78 is 21.2. The van der Waals surface area contributed by atoms with E-state index in [9.17, 15) is 9.90 Å². The van der Waals surface area contributed by atoms with E-state index in [-0.39, 0.29) is 23.8 Å². The number of hydrogen-bond donors (Lipinski definition) is 1. The first-order valence-electron chi connectivity index (χ1n) is 15.8. The van der Waals surface area contributed by atoms with Crippen LogP contribution in [0.15, 0.2) is 29.0 Å². The number of rotatable bonds is 8.